The number of hydrogen-bond donors (Lipinski definition) is 3. The normalized spacial score (nSPS) is 10.7. The number of para-hydroxylation sites is 1. The summed E-state index contributed by atoms with van der Waals surface area (Å²) in [7, 11) is 0. The van der Waals surface area contributed by atoms with E-state index in [2.05, 4.69) is 15.2 Å². The van der Waals surface area contributed by atoms with Gasteiger partial charge in [-0.25, -0.2) is 14.8 Å². The number of aromatic nitrogens is 4. The van der Waals surface area contributed by atoms with Gasteiger partial charge in [0.2, 0.25) is 11.5 Å². The Labute approximate surface area is 139 Å². The van der Waals surface area contributed by atoms with Crippen LogP contribution in [0.3, 0.4) is 0 Å². The quantitative estimate of drug-likeness (QED) is 0.257. The molecule has 5 N–H and O–H groups in total. The van der Waals surface area contributed by atoms with Crippen LogP contribution < -0.4 is 21.8 Å². The minimum absolute atomic E-state index is 0.0711. The fourth-order valence-electron chi connectivity index (χ4n) is 1.99. The summed E-state index contributed by atoms with van der Waals surface area (Å²) in [5.74, 6) is -0.0995. The Kier molecular flexibility index (Phi) is 4.29. The summed E-state index contributed by atoms with van der Waals surface area (Å²) in [6, 6.07) is 10.3. The van der Waals surface area contributed by atoms with Crippen LogP contribution in [0.15, 0.2) is 50.9 Å². The fraction of sp³-hybridized carbons (Fsp3) is 0.0714. The zero-order chi connectivity index (χ0) is 17.1. The van der Waals surface area contributed by atoms with E-state index < -0.39 is 11.4 Å². The van der Waals surface area contributed by atoms with Gasteiger partial charge in [-0.2, -0.15) is 0 Å². The van der Waals surface area contributed by atoms with E-state index in [4.69, 9.17) is 16.0 Å². The lowest BCUT2D eigenvalue weighted by Crippen LogP contribution is -2.41. The Balaban J connectivity index is 1.83. The molecule has 24 heavy (non-hydrogen) atoms. The Hall–Kier alpha value is -3.14. The van der Waals surface area contributed by atoms with E-state index >= 15 is 0 Å². The van der Waals surface area contributed by atoms with Crippen molar-refractivity contribution < 1.29 is 14.0 Å². The highest BCUT2D eigenvalue weighted by molar-refractivity contribution is 7.99. The van der Waals surface area contributed by atoms with Crippen LogP contribution in [0.4, 0.5) is 11.6 Å². The van der Waals surface area contributed by atoms with E-state index in [0.29, 0.717) is 5.69 Å². The maximum absolute atomic E-state index is 12.4. The number of thioether (sulfide) groups is 1. The third-order valence-corrected chi connectivity index (χ3v) is 3.85. The molecule has 0 atom stereocenters. The number of H-pyrrole nitrogens is 1. The summed E-state index contributed by atoms with van der Waals surface area (Å²) in [5, 5.41) is 2.67. The zero-order valence-electron chi connectivity index (χ0n) is 12.3. The largest absolute Gasteiger partial charge is 0.438 e. The van der Waals surface area contributed by atoms with E-state index in [1.165, 1.54) is 10.7 Å². The highest BCUT2D eigenvalue weighted by Gasteiger charge is 2.30. The maximum Gasteiger partial charge on any atom is 0.438 e. The minimum atomic E-state index is -0.752. The van der Waals surface area contributed by atoms with Crippen molar-refractivity contribution in [3.63, 3.8) is 0 Å². The van der Waals surface area contributed by atoms with E-state index in [-0.39, 0.29) is 28.2 Å². The summed E-state index contributed by atoms with van der Waals surface area (Å²) in [6.45, 7) is 0. The second kappa shape index (κ2) is 6.54. The number of nitrogens with two attached hydrogens (primary N) is 2. The second-order valence-corrected chi connectivity index (χ2v) is 5.65. The van der Waals surface area contributed by atoms with E-state index in [0.717, 1.165) is 11.8 Å². The summed E-state index contributed by atoms with van der Waals surface area (Å²) < 4.78 is 6.03. The van der Waals surface area contributed by atoms with Gasteiger partial charge in [0.05, 0.1) is 5.75 Å². The number of anilines is 2. The molecule has 10 heteroatoms. The van der Waals surface area contributed by atoms with Crippen LogP contribution in [0.25, 0.3) is 5.69 Å². The van der Waals surface area contributed by atoms with Crippen molar-refractivity contribution in [2.24, 2.45) is 0 Å². The molecule has 0 aliphatic rings. The molecule has 0 fully saturated rings. The zero-order valence-corrected chi connectivity index (χ0v) is 13.1. The maximum atomic E-state index is 12.4. The first-order valence-electron chi connectivity index (χ1n) is 6.79. The number of nitrogen functional groups attached to an aromatic ring is 2. The fourth-order valence-corrected chi connectivity index (χ4v) is 2.73. The van der Waals surface area contributed by atoms with Gasteiger partial charge < -0.3 is 11.5 Å². The first-order valence-corrected chi connectivity index (χ1v) is 7.78. The third kappa shape index (κ3) is 3.27. The number of benzene rings is 1. The summed E-state index contributed by atoms with van der Waals surface area (Å²) in [6.07, 6.45) is 0. The first kappa shape index (κ1) is 15.7. The van der Waals surface area contributed by atoms with Crippen LogP contribution in [0.1, 0.15) is 10.5 Å². The molecule has 3 rings (SSSR count). The Morgan fingerprint density at radius 3 is 2.54 bits per heavy atom. The average Bonchev–Trinajstić information content (AvgIpc) is 2.94. The standard InChI is InChI=1S/C14H12N6O3S/c15-10-6-11(16)18-14(17-10)24-7-9(21)12-13(22)23-19-20(12)8-4-2-1-3-5-8/h1-6H,7H2,(H4-,15,16,17,18,19,21,22)/p+1. The molecule has 0 saturated carbocycles. The van der Waals surface area contributed by atoms with Crippen LogP contribution >= 0.6 is 11.8 Å². The lowest BCUT2D eigenvalue weighted by Gasteiger charge is -2.00. The van der Waals surface area contributed by atoms with Crippen molar-refractivity contribution in [1.82, 2.24) is 15.2 Å². The van der Waals surface area contributed by atoms with Crippen molar-refractivity contribution in [3.05, 3.63) is 52.5 Å². The molecule has 122 valence electrons. The molecule has 0 aliphatic carbocycles. The third-order valence-electron chi connectivity index (χ3n) is 3.00. The van der Waals surface area contributed by atoms with Crippen LogP contribution in [-0.2, 0) is 0 Å². The number of carbonyl (C=O) groups excluding carboxylic acids is 1. The minimum Gasteiger partial charge on any atom is -0.383 e. The summed E-state index contributed by atoms with van der Waals surface area (Å²) in [4.78, 5) is 32.2. The van der Waals surface area contributed by atoms with Crippen molar-refractivity contribution in [1.29, 1.82) is 0 Å². The molecule has 2 heterocycles. The monoisotopic (exact) mass is 345 g/mol. The molecule has 1 aromatic carbocycles. The Bertz CT molecular complexity index is 917. The van der Waals surface area contributed by atoms with Crippen molar-refractivity contribution in [2.75, 3.05) is 17.2 Å². The average molecular weight is 345 g/mol. The number of hydrogen-bond acceptors (Lipinski definition) is 8. The molecule has 2 aromatic heterocycles. The number of carbonyl (C=O) groups is 1. The predicted molar refractivity (Wildman–Crippen MR) is 86.8 cm³/mol. The van der Waals surface area contributed by atoms with E-state index in [9.17, 15) is 9.59 Å². The van der Waals surface area contributed by atoms with Gasteiger partial charge in [-0.3, -0.25) is 9.32 Å². The molecule has 0 radical (unpaired) electrons. The second-order valence-electron chi connectivity index (χ2n) is 4.71. The molecular weight excluding hydrogens is 332 g/mol. The molecule has 0 spiro atoms. The molecule has 9 nitrogen and oxygen atoms in total. The number of Topliss-reactive ketones (excluding diaryl/α,β-unsaturated/α-hetero) is 1. The van der Waals surface area contributed by atoms with Crippen molar-refractivity contribution >= 4 is 29.2 Å². The van der Waals surface area contributed by atoms with Gasteiger partial charge in [0.1, 0.15) is 11.6 Å². The predicted octanol–water partition coefficient (Wildman–Crippen LogP) is 0.174. The topological polar surface area (TPSA) is 145 Å². The van der Waals surface area contributed by atoms with Gasteiger partial charge in [-0.05, 0) is 9.95 Å². The van der Waals surface area contributed by atoms with Gasteiger partial charge in [0.15, 0.2) is 5.16 Å². The first-order chi connectivity index (χ1) is 11.5. The van der Waals surface area contributed by atoms with Crippen LogP contribution in [0.2, 0.25) is 0 Å². The van der Waals surface area contributed by atoms with Crippen LogP contribution in [0.5, 0.6) is 0 Å². The molecular formula is C14H13N6O3S+. The Morgan fingerprint density at radius 1 is 1.21 bits per heavy atom. The number of ketones is 1. The number of nitrogens with zero attached hydrogens (tertiary/aromatic N) is 3. The smallest absolute Gasteiger partial charge is 0.383 e. The van der Waals surface area contributed by atoms with E-state index in [1.54, 1.807) is 24.3 Å². The molecule has 0 bridgehead atoms. The van der Waals surface area contributed by atoms with Crippen molar-refractivity contribution in [2.45, 2.75) is 5.16 Å². The van der Waals surface area contributed by atoms with Gasteiger partial charge in [-0.1, -0.05) is 30.0 Å². The molecule has 0 saturated heterocycles. The van der Waals surface area contributed by atoms with Gasteiger partial charge in [0, 0.05) is 18.2 Å². The van der Waals surface area contributed by atoms with Gasteiger partial charge in [-0.15, -0.1) is 0 Å². The lowest BCUT2D eigenvalue weighted by molar-refractivity contribution is -0.672. The number of rotatable bonds is 5. The van der Waals surface area contributed by atoms with Crippen LogP contribution in [0, 0.1) is 0 Å². The van der Waals surface area contributed by atoms with Gasteiger partial charge in [0.25, 0.3) is 0 Å². The number of aromatic amines is 1. The number of nitrogens with one attached hydrogen (secondary N) is 1. The summed E-state index contributed by atoms with van der Waals surface area (Å²) >= 11 is 1.03. The summed E-state index contributed by atoms with van der Waals surface area (Å²) in [5.41, 5.74) is 10.9. The van der Waals surface area contributed by atoms with Gasteiger partial charge >= 0.3 is 11.3 Å². The SMILES string of the molecule is Nc1cc(N)nc(SCC(=O)c2c(=O)o[nH][n+]2-c2ccccc2)n1. The van der Waals surface area contributed by atoms with E-state index in [1.807, 2.05) is 6.07 Å². The molecule has 0 amide bonds. The highest BCUT2D eigenvalue weighted by atomic mass is 32.2. The molecule has 3 aromatic rings. The van der Waals surface area contributed by atoms with Crippen LogP contribution in [-0.4, -0.2) is 26.8 Å². The highest BCUT2D eigenvalue weighted by Crippen LogP contribution is 2.17. The molecule has 0 unspecified atom stereocenters. The lowest BCUT2D eigenvalue weighted by atomic mass is 10.3. The Morgan fingerprint density at radius 2 is 1.88 bits per heavy atom. The van der Waals surface area contributed by atoms with Crippen molar-refractivity contribution in [3.8, 4) is 5.69 Å². The molecule has 0 aliphatic heterocycles.